The maximum Gasteiger partial charge on any atom is 0.273 e. The van der Waals surface area contributed by atoms with E-state index in [1.807, 2.05) is 5.38 Å². The molecule has 180 valence electrons. The Morgan fingerprint density at radius 1 is 1.03 bits per heavy atom. The number of carbonyl (C=O) groups excluding carboxylic acids is 1. The van der Waals surface area contributed by atoms with Crippen LogP contribution in [0.1, 0.15) is 111 Å². The van der Waals surface area contributed by atoms with E-state index in [0.717, 1.165) is 31.7 Å². The Kier molecular flexibility index (Phi) is 9.72. The molecule has 0 unspecified atom stereocenters. The van der Waals surface area contributed by atoms with Crippen LogP contribution in [0.15, 0.2) is 5.38 Å². The van der Waals surface area contributed by atoms with Gasteiger partial charge in [-0.2, -0.15) is 0 Å². The van der Waals surface area contributed by atoms with Gasteiger partial charge in [0.25, 0.3) is 5.91 Å². The molecular formula is C26H42ClN3OS. The number of carbonyl (C=O) groups is 1. The van der Waals surface area contributed by atoms with E-state index in [9.17, 15) is 4.79 Å². The lowest BCUT2D eigenvalue weighted by Gasteiger charge is -2.34. The molecule has 0 N–H and O–H groups in total. The quantitative estimate of drug-likeness (QED) is 0.370. The van der Waals surface area contributed by atoms with Gasteiger partial charge in [-0.1, -0.05) is 51.4 Å². The monoisotopic (exact) mass is 479 g/mol. The number of hydrogen-bond acceptors (Lipinski definition) is 4. The first-order chi connectivity index (χ1) is 15.7. The van der Waals surface area contributed by atoms with Crippen molar-refractivity contribution in [2.75, 3.05) is 32.1 Å². The number of likely N-dealkylation sites (tertiary alicyclic amines) is 1. The SMILES string of the molecule is O=C(c1csc(C2CCN(CCC3CCCCC3)CC2)n1)N(CCCCl)C1CCCCC1. The van der Waals surface area contributed by atoms with Crippen LogP contribution in [0.3, 0.4) is 0 Å². The lowest BCUT2D eigenvalue weighted by Crippen LogP contribution is -2.42. The summed E-state index contributed by atoms with van der Waals surface area (Å²) in [6, 6.07) is 0.372. The van der Waals surface area contributed by atoms with Crippen molar-refractivity contribution in [3.63, 3.8) is 0 Å². The molecule has 0 atom stereocenters. The Balaban J connectivity index is 1.28. The number of thiazole rings is 1. The number of nitrogens with zero attached hydrogens (tertiary/aromatic N) is 3. The number of hydrogen-bond donors (Lipinski definition) is 0. The predicted molar refractivity (Wildman–Crippen MR) is 135 cm³/mol. The summed E-state index contributed by atoms with van der Waals surface area (Å²) in [7, 11) is 0. The van der Waals surface area contributed by atoms with Gasteiger partial charge < -0.3 is 9.80 Å². The molecule has 4 rings (SSSR count). The summed E-state index contributed by atoms with van der Waals surface area (Å²) in [5.41, 5.74) is 0.671. The number of alkyl halides is 1. The minimum Gasteiger partial charge on any atom is -0.334 e. The zero-order valence-corrected chi connectivity index (χ0v) is 21.4. The van der Waals surface area contributed by atoms with Gasteiger partial charge in [-0.15, -0.1) is 22.9 Å². The van der Waals surface area contributed by atoms with Crippen LogP contribution in [0.25, 0.3) is 0 Å². The lowest BCUT2D eigenvalue weighted by atomic mass is 9.86. The van der Waals surface area contributed by atoms with E-state index in [1.54, 1.807) is 11.3 Å². The number of aromatic nitrogens is 1. The summed E-state index contributed by atoms with van der Waals surface area (Å²) in [6.45, 7) is 4.41. The Bertz CT molecular complexity index is 691. The maximum absolute atomic E-state index is 13.4. The van der Waals surface area contributed by atoms with Crippen molar-refractivity contribution in [3.8, 4) is 0 Å². The third-order valence-electron chi connectivity index (χ3n) is 8.07. The third kappa shape index (κ3) is 6.70. The van der Waals surface area contributed by atoms with E-state index >= 15 is 0 Å². The van der Waals surface area contributed by atoms with E-state index in [-0.39, 0.29) is 5.91 Å². The molecule has 3 fully saturated rings. The summed E-state index contributed by atoms with van der Waals surface area (Å²) in [6.07, 6.45) is 17.9. The zero-order valence-electron chi connectivity index (χ0n) is 19.8. The molecule has 2 saturated carbocycles. The van der Waals surface area contributed by atoms with Crippen LogP contribution in [0, 0.1) is 5.92 Å². The van der Waals surface area contributed by atoms with Crippen LogP contribution in [-0.2, 0) is 0 Å². The molecule has 3 aliphatic rings. The first-order valence-electron chi connectivity index (χ1n) is 13.3. The molecule has 2 aliphatic carbocycles. The number of halogens is 1. The van der Waals surface area contributed by atoms with Crippen LogP contribution in [0.4, 0.5) is 0 Å². The molecule has 1 aromatic rings. The van der Waals surface area contributed by atoms with Crippen LogP contribution in [0.2, 0.25) is 0 Å². The molecule has 2 heterocycles. The fourth-order valence-corrected chi connectivity index (χ4v) is 7.12. The Morgan fingerprint density at radius 2 is 1.72 bits per heavy atom. The van der Waals surface area contributed by atoms with Gasteiger partial charge in [0.15, 0.2) is 0 Å². The molecule has 1 saturated heterocycles. The fraction of sp³-hybridized carbons (Fsp3) is 0.846. The highest BCUT2D eigenvalue weighted by molar-refractivity contribution is 7.09. The summed E-state index contributed by atoms with van der Waals surface area (Å²) in [5, 5.41) is 3.20. The van der Waals surface area contributed by atoms with Crippen molar-refractivity contribution in [2.45, 2.75) is 102 Å². The second kappa shape index (κ2) is 12.7. The van der Waals surface area contributed by atoms with Gasteiger partial charge in [0, 0.05) is 29.8 Å². The molecular weight excluding hydrogens is 438 g/mol. The van der Waals surface area contributed by atoms with Gasteiger partial charge in [-0.05, 0) is 64.1 Å². The Hall–Kier alpha value is -0.650. The highest BCUT2D eigenvalue weighted by atomic mass is 35.5. The fourth-order valence-electron chi connectivity index (χ4n) is 6.04. The molecule has 1 amide bonds. The average molecular weight is 480 g/mol. The zero-order chi connectivity index (χ0) is 22.2. The minimum atomic E-state index is 0.134. The topological polar surface area (TPSA) is 36.4 Å². The van der Waals surface area contributed by atoms with Crippen LogP contribution >= 0.6 is 22.9 Å². The van der Waals surface area contributed by atoms with Crippen molar-refractivity contribution in [1.29, 1.82) is 0 Å². The molecule has 0 radical (unpaired) electrons. The third-order valence-corrected chi connectivity index (χ3v) is 9.34. The van der Waals surface area contributed by atoms with Gasteiger partial charge in [-0.25, -0.2) is 4.98 Å². The smallest absolute Gasteiger partial charge is 0.273 e. The van der Waals surface area contributed by atoms with Crippen LogP contribution in [0.5, 0.6) is 0 Å². The Morgan fingerprint density at radius 3 is 2.41 bits per heavy atom. The van der Waals surface area contributed by atoms with E-state index in [1.165, 1.54) is 95.3 Å². The van der Waals surface area contributed by atoms with Crippen LogP contribution in [-0.4, -0.2) is 58.8 Å². The number of piperidine rings is 1. The molecule has 0 spiro atoms. The molecule has 32 heavy (non-hydrogen) atoms. The molecule has 6 heteroatoms. The molecule has 0 aromatic carbocycles. The first kappa shape index (κ1) is 24.5. The maximum atomic E-state index is 13.4. The normalized spacial score (nSPS) is 22.3. The van der Waals surface area contributed by atoms with E-state index < -0.39 is 0 Å². The predicted octanol–water partition coefficient (Wildman–Crippen LogP) is 6.70. The second-order valence-electron chi connectivity index (χ2n) is 10.3. The highest BCUT2D eigenvalue weighted by Crippen LogP contribution is 2.32. The molecule has 1 aliphatic heterocycles. The summed E-state index contributed by atoms with van der Waals surface area (Å²) in [4.78, 5) is 23.0. The average Bonchev–Trinajstić information content (AvgIpc) is 3.35. The largest absolute Gasteiger partial charge is 0.334 e. The van der Waals surface area contributed by atoms with Gasteiger partial charge >= 0.3 is 0 Å². The number of rotatable bonds is 9. The lowest BCUT2D eigenvalue weighted by molar-refractivity contribution is 0.0629. The number of amides is 1. The van der Waals surface area contributed by atoms with Crippen molar-refractivity contribution in [2.24, 2.45) is 5.92 Å². The molecule has 4 nitrogen and oxygen atoms in total. The highest BCUT2D eigenvalue weighted by Gasteiger charge is 2.29. The van der Waals surface area contributed by atoms with Crippen molar-refractivity contribution < 1.29 is 4.79 Å². The first-order valence-corrected chi connectivity index (χ1v) is 14.7. The summed E-state index contributed by atoms with van der Waals surface area (Å²) in [5.74, 6) is 2.24. The van der Waals surface area contributed by atoms with Gasteiger partial charge in [-0.3, -0.25) is 4.79 Å². The van der Waals surface area contributed by atoms with Crippen molar-refractivity contribution in [3.05, 3.63) is 16.1 Å². The Labute approximate surface area is 204 Å². The van der Waals surface area contributed by atoms with E-state index in [0.29, 0.717) is 23.5 Å². The summed E-state index contributed by atoms with van der Waals surface area (Å²) < 4.78 is 0. The van der Waals surface area contributed by atoms with Crippen molar-refractivity contribution in [1.82, 2.24) is 14.8 Å². The van der Waals surface area contributed by atoms with Gasteiger partial charge in [0.05, 0.1) is 5.01 Å². The second-order valence-corrected chi connectivity index (χ2v) is 11.6. The minimum absolute atomic E-state index is 0.134. The summed E-state index contributed by atoms with van der Waals surface area (Å²) >= 11 is 7.67. The molecule has 1 aromatic heterocycles. The van der Waals surface area contributed by atoms with E-state index in [2.05, 4.69) is 9.80 Å². The van der Waals surface area contributed by atoms with Gasteiger partial charge in [0.1, 0.15) is 5.69 Å². The van der Waals surface area contributed by atoms with Gasteiger partial charge in [0.2, 0.25) is 0 Å². The molecule has 0 bridgehead atoms. The van der Waals surface area contributed by atoms with E-state index in [4.69, 9.17) is 16.6 Å². The standard InChI is InChI=1S/C26H42ClN3OS/c27-15-7-16-30(23-10-5-2-6-11-23)26(31)24-20-32-25(28-24)22-13-18-29(19-14-22)17-12-21-8-3-1-4-9-21/h20-23H,1-19H2. The van der Waals surface area contributed by atoms with Crippen molar-refractivity contribution >= 4 is 28.8 Å². The van der Waals surface area contributed by atoms with Crippen LogP contribution < -0.4 is 0 Å².